The fourth-order valence-corrected chi connectivity index (χ4v) is 2.95. The normalized spacial score (nSPS) is 10.6. The van der Waals surface area contributed by atoms with E-state index in [0.717, 1.165) is 23.5 Å². The fourth-order valence-electron chi connectivity index (χ4n) is 1.33. The van der Waals surface area contributed by atoms with Gasteiger partial charge >= 0.3 is 5.97 Å². The van der Waals surface area contributed by atoms with Crippen LogP contribution in [-0.2, 0) is 11.2 Å². The summed E-state index contributed by atoms with van der Waals surface area (Å²) in [6.45, 7) is 0. The predicted octanol–water partition coefficient (Wildman–Crippen LogP) is 3.48. The van der Waals surface area contributed by atoms with Crippen LogP contribution in [0.2, 0.25) is 0 Å². The molecule has 1 heterocycles. The van der Waals surface area contributed by atoms with Gasteiger partial charge in [0, 0.05) is 5.56 Å². The van der Waals surface area contributed by atoms with Crippen LogP contribution in [0.4, 0.5) is 8.78 Å². The second-order valence-electron chi connectivity index (χ2n) is 3.43. The van der Waals surface area contributed by atoms with E-state index in [2.05, 4.69) is 20.9 Å². The van der Waals surface area contributed by atoms with E-state index in [0.29, 0.717) is 20.1 Å². The molecular weight excluding hydrogens is 328 g/mol. The quantitative estimate of drug-likeness (QED) is 0.935. The third-order valence-corrected chi connectivity index (χ3v) is 4.15. The summed E-state index contributed by atoms with van der Waals surface area (Å²) in [7, 11) is 0. The van der Waals surface area contributed by atoms with E-state index in [4.69, 9.17) is 5.11 Å². The van der Waals surface area contributed by atoms with Crippen LogP contribution in [0.15, 0.2) is 22.8 Å². The number of thiazole rings is 1. The number of halogens is 3. The van der Waals surface area contributed by atoms with Crippen LogP contribution < -0.4 is 0 Å². The van der Waals surface area contributed by atoms with Gasteiger partial charge < -0.3 is 5.11 Å². The van der Waals surface area contributed by atoms with Gasteiger partial charge in [0.2, 0.25) is 0 Å². The van der Waals surface area contributed by atoms with E-state index < -0.39 is 17.6 Å². The molecule has 0 aliphatic rings. The lowest BCUT2D eigenvalue weighted by Crippen LogP contribution is -1.98. The van der Waals surface area contributed by atoms with Gasteiger partial charge in [0.15, 0.2) is 11.6 Å². The van der Waals surface area contributed by atoms with Gasteiger partial charge in [0.25, 0.3) is 0 Å². The fraction of sp³-hybridized carbons (Fsp3) is 0.0909. The molecule has 1 N–H and O–H groups in total. The first-order valence-corrected chi connectivity index (χ1v) is 6.40. The second-order valence-corrected chi connectivity index (χ2v) is 5.27. The third-order valence-electron chi connectivity index (χ3n) is 2.13. The standard InChI is InChI=1S/C11H6BrF2NO2S/c12-10-8(4-9(16)17)18-11(15-10)5-1-2-6(13)7(14)3-5/h1-3H,4H2,(H,16,17). The first-order chi connectivity index (χ1) is 8.47. The van der Waals surface area contributed by atoms with E-state index in [1.165, 1.54) is 6.07 Å². The summed E-state index contributed by atoms with van der Waals surface area (Å²) in [5.41, 5.74) is 0.413. The average molecular weight is 334 g/mol. The largest absolute Gasteiger partial charge is 0.481 e. The van der Waals surface area contributed by atoms with Crippen molar-refractivity contribution in [1.82, 2.24) is 4.98 Å². The number of aliphatic carboxylic acids is 1. The Morgan fingerprint density at radius 2 is 2.11 bits per heavy atom. The zero-order chi connectivity index (χ0) is 13.3. The van der Waals surface area contributed by atoms with Crippen LogP contribution in [0.25, 0.3) is 10.6 Å². The van der Waals surface area contributed by atoms with Gasteiger partial charge in [-0.2, -0.15) is 0 Å². The van der Waals surface area contributed by atoms with E-state index in [1.54, 1.807) is 0 Å². The lowest BCUT2D eigenvalue weighted by atomic mass is 10.2. The Bertz CT molecular complexity index is 615. The van der Waals surface area contributed by atoms with Gasteiger partial charge in [-0.05, 0) is 34.1 Å². The highest BCUT2D eigenvalue weighted by Gasteiger charge is 2.14. The molecule has 0 aliphatic heterocycles. The summed E-state index contributed by atoms with van der Waals surface area (Å²) >= 11 is 4.27. The molecular formula is C11H6BrF2NO2S. The highest BCUT2D eigenvalue weighted by atomic mass is 79.9. The Kier molecular flexibility index (Phi) is 3.72. The van der Waals surface area contributed by atoms with Gasteiger partial charge in [-0.25, -0.2) is 13.8 Å². The maximum Gasteiger partial charge on any atom is 0.308 e. The van der Waals surface area contributed by atoms with E-state index >= 15 is 0 Å². The van der Waals surface area contributed by atoms with Crippen molar-refractivity contribution in [3.8, 4) is 10.6 Å². The monoisotopic (exact) mass is 333 g/mol. The molecule has 2 rings (SSSR count). The van der Waals surface area contributed by atoms with Crippen molar-refractivity contribution in [1.29, 1.82) is 0 Å². The van der Waals surface area contributed by atoms with Crippen LogP contribution in [0.1, 0.15) is 4.88 Å². The van der Waals surface area contributed by atoms with Gasteiger partial charge in [-0.3, -0.25) is 4.79 Å². The minimum absolute atomic E-state index is 0.165. The summed E-state index contributed by atoms with van der Waals surface area (Å²) in [6, 6.07) is 3.44. The van der Waals surface area contributed by atoms with Crippen LogP contribution in [-0.4, -0.2) is 16.1 Å². The van der Waals surface area contributed by atoms with Crippen molar-refractivity contribution in [3.63, 3.8) is 0 Å². The van der Waals surface area contributed by atoms with Crippen molar-refractivity contribution < 1.29 is 18.7 Å². The zero-order valence-electron chi connectivity index (χ0n) is 8.78. The van der Waals surface area contributed by atoms with Crippen LogP contribution in [0.3, 0.4) is 0 Å². The number of carbonyl (C=O) groups is 1. The number of aromatic nitrogens is 1. The van der Waals surface area contributed by atoms with Crippen molar-refractivity contribution in [2.75, 3.05) is 0 Å². The van der Waals surface area contributed by atoms with E-state index in [1.807, 2.05) is 0 Å². The van der Waals surface area contributed by atoms with Gasteiger partial charge in [-0.15, -0.1) is 11.3 Å². The summed E-state index contributed by atoms with van der Waals surface area (Å²) < 4.78 is 26.3. The summed E-state index contributed by atoms with van der Waals surface area (Å²) in [5.74, 6) is -2.87. The van der Waals surface area contributed by atoms with Crippen LogP contribution in [0.5, 0.6) is 0 Å². The lowest BCUT2D eigenvalue weighted by Gasteiger charge is -1.96. The minimum atomic E-state index is -0.976. The Balaban J connectivity index is 2.39. The molecule has 0 bridgehead atoms. The Morgan fingerprint density at radius 1 is 1.39 bits per heavy atom. The molecule has 0 amide bonds. The minimum Gasteiger partial charge on any atom is -0.481 e. The number of hydrogen-bond acceptors (Lipinski definition) is 3. The van der Waals surface area contributed by atoms with Crippen molar-refractivity contribution in [3.05, 3.63) is 39.3 Å². The second kappa shape index (κ2) is 5.11. The van der Waals surface area contributed by atoms with Gasteiger partial charge in [0.1, 0.15) is 9.61 Å². The highest BCUT2D eigenvalue weighted by Crippen LogP contribution is 2.32. The number of hydrogen-bond donors (Lipinski definition) is 1. The Hall–Kier alpha value is -1.34. The van der Waals surface area contributed by atoms with Crippen molar-refractivity contribution >= 4 is 33.2 Å². The number of benzene rings is 1. The third kappa shape index (κ3) is 2.73. The molecule has 1 aromatic carbocycles. The topological polar surface area (TPSA) is 50.2 Å². The van der Waals surface area contributed by atoms with E-state index in [9.17, 15) is 13.6 Å². The molecule has 0 saturated carbocycles. The number of nitrogens with zero attached hydrogens (tertiary/aromatic N) is 1. The smallest absolute Gasteiger partial charge is 0.308 e. The highest BCUT2D eigenvalue weighted by molar-refractivity contribution is 9.10. The molecule has 0 unspecified atom stereocenters. The lowest BCUT2D eigenvalue weighted by molar-refractivity contribution is -0.136. The van der Waals surface area contributed by atoms with Crippen molar-refractivity contribution in [2.45, 2.75) is 6.42 Å². The molecule has 0 radical (unpaired) electrons. The maximum absolute atomic E-state index is 13.1. The van der Waals surface area contributed by atoms with Crippen LogP contribution >= 0.6 is 27.3 Å². The zero-order valence-corrected chi connectivity index (χ0v) is 11.2. The SMILES string of the molecule is O=C(O)Cc1sc(-c2ccc(F)c(F)c2)nc1Br. The first kappa shape index (κ1) is 13.1. The van der Waals surface area contributed by atoms with Gasteiger partial charge in [0.05, 0.1) is 11.3 Å². The maximum atomic E-state index is 13.1. The molecule has 0 aliphatic carbocycles. The Labute approximate surface area is 113 Å². The van der Waals surface area contributed by atoms with Gasteiger partial charge in [-0.1, -0.05) is 0 Å². The summed E-state index contributed by atoms with van der Waals surface area (Å²) in [5, 5.41) is 9.14. The summed E-state index contributed by atoms with van der Waals surface area (Å²) in [6.07, 6.45) is -0.165. The molecule has 0 fully saturated rings. The van der Waals surface area contributed by atoms with Crippen LogP contribution in [0, 0.1) is 11.6 Å². The number of carboxylic acids is 1. The molecule has 2 aromatic rings. The van der Waals surface area contributed by atoms with Crippen molar-refractivity contribution in [2.24, 2.45) is 0 Å². The number of rotatable bonds is 3. The molecule has 0 spiro atoms. The molecule has 1 aromatic heterocycles. The first-order valence-electron chi connectivity index (χ1n) is 4.80. The summed E-state index contributed by atoms with van der Waals surface area (Å²) in [4.78, 5) is 15.2. The predicted molar refractivity (Wildman–Crippen MR) is 66.5 cm³/mol. The van der Waals surface area contributed by atoms with E-state index in [-0.39, 0.29) is 6.42 Å². The Morgan fingerprint density at radius 3 is 2.72 bits per heavy atom. The molecule has 7 heteroatoms. The molecule has 94 valence electrons. The molecule has 0 saturated heterocycles. The molecule has 3 nitrogen and oxygen atoms in total. The molecule has 0 atom stereocenters. The average Bonchev–Trinajstić information content (AvgIpc) is 2.63. The number of carboxylic acid groups (broad SMARTS) is 1. The molecule has 18 heavy (non-hydrogen) atoms.